The molecule has 1 aliphatic heterocycles. The zero-order valence-electron chi connectivity index (χ0n) is 21.0. The minimum absolute atomic E-state index is 0.182. The van der Waals surface area contributed by atoms with Crippen LogP contribution in [0.25, 0.3) is 22.4 Å². The molecule has 4 rings (SSSR count). The summed E-state index contributed by atoms with van der Waals surface area (Å²) in [5.74, 6) is 1.22. The summed E-state index contributed by atoms with van der Waals surface area (Å²) < 4.78 is 19.0. The van der Waals surface area contributed by atoms with E-state index in [0.29, 0.717) is 17.1 Å². The van der Waals surface area contributed by atoms with Crippen molar-refractivity contribution in [3.8, 4) is 39.6 Å². The number of nitrogens with zero attached hydrogens (tertiary/aromatic N) is 1. The van der Waals surface area contributed by atoms with Crippen molar-refractivity contribution in [3.63, 3.8) is 0 Å². The fourth-order valence-corrected chi connectivity index (χ4v) is 5.27. The van der Waals surface area contributed by atoms with Crippen LogP contribution in [-0.2, 0) is 11.2 Å². The van der Waals surface area contributed by atoms with Crippen LogP contribution in [0, 0.1) is 20.8 Å². The molecule has 0 saturated heterocycles. The van der Waals surface area contributed by atoms with Gasteiger partial charge in [-0.15, -0.1) is 0 Å². The SMILES string of the molecule is CCOC(=O)c1c(-c2cc(C)c(O)c(C)c2)c(C)n2c1-c1cc(OC)c(OC)cc1C[C@@H]2CC. The molecule has 0 aliphatic carbocycles. The van der Waals surface area contributed by atoms with E-state index < -0.39 is 0 Å². The average molecular weight is 464 g/mol. The first kappa shape index (κ1) is 23.7. The quantitative estimate of drug-likeness (QED) is 0.444. The van der Waals surface area contributed by atoms with Crippen molar-refractivity contribution in [3.05, 3.63) is 52.2 Å². The van der Waals surface area contributed by atoms with E-state index >= 15 is 0 Å². The number of ether oxygens (including phenoxy) is 3. The molecule has 0 spiro atoms. The summed E-state index contributed by atoms with van der Waals surface area (Å²) in [6.07, 6.45) is 1.73. The van der Waals surface area contributed by atoms with Gasteiger partial charge in [-0.2, -0.15) is 0 Å². The summed E-state index contributed by atoms with van der Waals surface area (Å²) in [5.41, 5.74) is 7.76. The monoisotopic (exact) mass is 463 g/mol. The summed E-state index contributed by atoms with van der Waals surface area (Å²) in [5, 5.41) is 10.4. The number of phenols is 1. The second-order valence-electron chi connectivity index (χ2n) is 8.86. The van der Waals surface area contributed by atoms with Gasteiger partial charge in [-0.05, 0) is 87.1 Å². The van der Waals surface area contributed by atoms with Crippen LogP contribution in [0.5, 0.6) is 17.2 Å². The number of phenolic OH excluding ortho intramolecular Hbond substituents is 1. The van der Waals surface area contributed by atoms with E-state index in [2.05, 4.69) is 18.4 Å². The van der Waals surface area contributed by atoms with E-state index in [-0.39, 0.29) is 24.4 Å². The number of rotatable bonds is 6. The van der Waals surface area contributed by atoms with E-state index in [1.807, 2.05) is 45.0 Å². The Hall–Kier alpha value is -3.41. The van der Waals surface area contributed by atoms with Gasteiger partial charge in [0.05, 0.1) is 32.1 Å². The number of hydrogen-bond acceptors (Lipinski definition) is 5. The van der Waals surface area contributed by atoms with Gasteiger partial charge in [-0.1, -0.05) is 6.92 Å². The van der Waals surface area contributed by atoms with Gasteiger partial charge in [0.25, 0.3) is 0 Å². The van der Waals surface area contributed by atoms with E-state index in [1.54, 1.807) is 14.2 Å². The number of carbonyl (C=O) groups excluding carboxylic acids is 1. The van der Waals surface area contributed by atoms with Gasteiger partial charge >= 0.3 is 5.97 Å². The predicted molar refractivity (Wildman–Crippen MR) is 133 cm³/mol. The number of aromatic hydroxyl groups is 1. The number of hydrogen-bond donors (Lipinski definition) is 1. The third kappa shape index (κ3) is 3.61. The second kappa shape index (κ2) is 9.09. The number of methoxy groups -OCH3 is 2. The van der Waals surface area contributed by atoms with Gasteiger partial charge < -0.3 is 23.9 Å². The third-order valence-corrected chi connectivity index (χ3v) is 6.87. The maximum atomic E-state index is 13.5. The Bertz CT molecular complexity index is 1250. The Kier molecular flexibility index (Phi) is 6.34. The number of aryl methyl sites for hydroxylation is 2. The molecule has 34 heavy (non-hydrogen) atoms. The summed E-state index contributed by atoms with van der Waals surface area (Å²) in [7, 11) is 3.25. The smallest absolute Gasteiger partial charge is 0.340 e. The van der Waals surface area contributed by atoms with Crippen LogP contribution in [0.15, 0.2) is 24.3 Å². The first-order valence-electron chi connectivity index (χ1n) is 11.7. The molecule has 6 nitrogen and oxygen atoms in total. The highest BCUT2D eigenvalue weighted by atomic mass is 16.5. The lowest BCUT2D eigenvalue weighted by Gasteiger charge is -2.30. The molecule has 0 fully saturated rings. The predicted octanol–water partition coefficient (Wildman–Crippen LogP) is 6.15. The van der Waals surface area contributed by atoms with E-state index in [4.69, 9.17) is 14.2 Å². The fourth-order valence-electron chi connectivity index (χ4n) is 5.27. The molecule has 0 bridgehead atoms. The van der Waals surface area contributed by atoms with E-state index in [9.17, 15) is 9.90 Å². The van der Waals surface area contributed by atoms with Crippen molar-refractivity contribution >= 4 is 5.97 Å². The van der Waals surface area contributed by atoms with Crippen molar-refractivity contribution in [1.82, 2.24) is 4.57 Å². The van der Waals surface area contributed by atoms with Crippen molar-refractivity contribution in [2.24, 2.45) is 0 Å². The highest BCUT2D eigenvalue weighted by Gasteiger charge is 2.35. The molecular formula is C28H33NO5. The lowest BCUT2D eigenvalue weighted by Crippen LogP contribution is -2.20. The van der Waals surface area contributed by atoms with Crippen molar-refractivity contribution in [2.45, 2.75) is 53.5 Å². The minimum atomic E-state index is -0.352. The summed E-state index contributed by atoms with van der Waals surface area (Å²) in [6.45, 7) is 10.1. The van der Waals surface area contributed by atoms with Crippen molar-refractivity contribution in [2.75, 3.05) is 20.8 Å². The number of fused-ring (bicyclic) bond motifs is 3. The van der Waals surface area contributed by atoms with Crippen LogP contribution in [0.3, 0.4) is 0 Å². The van der Waals surface area contributed by atoms with Crippen LogP contribution < -0.4 is 9.47 Å². The molecular weight excluding hydrogens is 430 g/mol. The molecule has 3 aromatic rings. The standard InChI is InChI=1S/C28H33NO5/c1-8-20-12-18-13-22(32-6)23(33-7)14-21(18)26-25(28(31)34-9-2)24(17(5)29(20)26)19-10-15(3)27(30)16(4)11-19/h10-11,13-14,20,30H,8-9,12H2,1-7H3/t20-/m0/s1. The molecule has 0 radical (unpaired) electrons. The first-order chi connectivity index (χ1) is 16.3. The zero-order valence-corrected chi connectivity index (χ0v) is 21.0. The Morgan fingerprint density at radius 2 is 1.65 bits per heavy atom. The molecule has 0 saturated carbocycles. The molecule has 2 aromatic carbocycles. The molecule has 2 heterocycles. The molecule has 0 unspecified atom stereocenters. The Morgan fingerprint density at radius 1 is 1.03 bits per heavy atom. The van der Waals surface area contributed by atoms with Gasteiger partial charge in [0.1, 0.15) is 5.75 Å². The molecule has 6 heteroatoms. The van der Waals surface area contributed by atoms with Crippen LogP contribution >= 0.6 is 0 Å². The highest BCUT2D eigenvalue weighted by molar-refractivity contribution is 6.05. The van der Waals surface area contributed by atoms with Crippen molar-refractivity contribution in [1.29, 1.82) is 0 Å². The van der Waals surface area contributed by atoms with Crippen LogP contribution in [-0.4, -0.2) is 36.5 Å². The van der Waals surface area contributed by atoms with Crippen LogP contribution in [0.2, 0.25) is 0 Å². The van der Waals surface area contributed by atoms with Crippen LogP contribution in [0.1, 0.15) is 59.1 Å². The van der Waals surface area contributed by atoms with Gasteiger partial charge in [0.15, 0.2) is 11.5 Å². The first-order valence-corrected chi connectivity index (χ1v) is 11.7. The van der Waals surface area contributed by atoms with Gasteiger partial charge in [0, 0.05) is 22.9 Å². The Balaban J connectivity index is 2.12. The average Bonchev–Trinajstić information content (AvgIpc) is 3.14. The number of esters is 1. The lowest BCUT2D eigenvalue weighted by molar-refractivity contribution is 0.0528. The normalized spacial score (nSPS) is 14.4. The summed E-state index contributed by atoms with van der Waals surface area (Å²) in [6, 6.07) is 8.05. The van der Waals surface area contributed by atoms with Gasteiger partial charge in [0.2, 0.25) is 0 Å². The van der Waals surface area contributed by atoms with Gasteiger partial charge in [-0.25, -0.2) is 4.79 Å². The summed E-state index contributed by atoms with van der Waals surface area (Å²) in [4.78, 5) is 13.5. The maximum absolute atomic E-state index is 13.5. The second-order valence-corrected chi connectivity index (χ2v) is 8.86. The molecule has 1 aliphatic rings. The number of carbonyl (C=O) groups is 1. The minimum Gasteiger partial charge on any atom is -0.507 e. The Morgan fingerprint density at radius 3 is 2.21 bits per heavy atom. The lowest BCUT2D eigenvalue weighted by atomic mass is 9.89. The number of benzene rings is 2. The highest BCUT2D eigenvalue weighted by Crippen LogP contribution is 2.49. The maximum Gasteiger partial charge on any atom is 0.340 e. The molecule has 1 N–H and O–H groups in total. The zero-order chi connectivity index (χ0) is 24.7. The molecule has 0 amide bonds. The molecule has 1 aromatic heterocycles. The third-order valence-electron chi connectivity index (χ3n) is 6.87. The van der Waals surface area contributed by atoms with Crippen LogP contribution in [0.4, 0.5) is 0 Å². The van der Waals surface area contributed by atoms with E-state index in [1.165, 1.54) is 0 Å². The Labute approximate surface area is 201 Å². The topological polar surface area (TPSA) is 69.9 Å². The van der Waals surface area contributed by atoms with Crippen molar-refractivity contribution < 1.29 is 24.1 Å². The number of aromatic nitrogens is 1. The molecule has 1 atom stereocenters. The molecule has 180 valence electrons. The fraction of sp³-hybridized carbons (Fsp3) is 0.393. The van der Waals surface area contributed by atoms with Gasteiger partial charge in [-0.3, -0.25) is 0 Å². The van der Waals surface area contributed by atoms with E-state index in [0.717, 1.165) is 57.6 Å². The largest absolute Gasteiger partial charge is 0.507 e. The summed E-state index contributed by atoms with van der Waals surface area (Å²) >= 11 is 0.